The second kappa shape index (κ2) is 10.7. The van der Waals surface area contributed by atoms with E-state index in [1.54, 1.807) is 18.2 Å². The molecule has 0 saturated carbocycles. The number of amides is 3. The Labute approximate surface area is 218 Å². The number of likely N-dealkylation sites (tertiary alicyclic amines) is 1. The zero-order valence-electron chi connectivity index (χ0n) is 21.6. The number of hydrogen-bond acceptors (Lipinski definition) is 5. The van der Waals surface area contributed by atoms with Gasteiger partial charge >= 0.3 is 6.03 Å². The van der Waals surface area contributed by atoms with Crippen LogP contribution in [-0.4, -0.2) is 71.7 Å². The van der Waals surface area contributed by atoms with Crippen LogP contribution in [0.5, 0.6) is 5.75 Å². The molecule has 2 saturated heterocycles. The second-order valence-corrected chi connectivity index (χ2v) is 9.79. The average molecular weight is 499 g/mol. The van der Waals surface area contributed by atoms with Crippen molar-refractivity contribution in [3.8, 4) is 5.75 Å². The normalized spacial score (nSPS) is 18.0. The summed E-state index contributed by atoms with van der Waals surface area (Å²) in [6, 6.07) is 22.2. The molecule has 0 aliphatic carbocycles. The predicted molar refractivity (Wildman–Crippen MR) is 146 cm³/mol. The van der Waals surface area contributed by atoms with Gasteiger partial charge in [0.15, 0.2) is 0 Å². The molecule has 2 heterocycles. The van der Waals surface area contributed by atoms with E-state index in [9.17, 15) is 9.59 Å². The molecule has 0 unspecified atom stereocenters. The molecule has 0 radical (unpaired) electrons. The summed E-state index contributed by atoms with van der Waals surface area (Å²) in [6.45, 7) is 5.37. The van der Waals surface area contributed by atoms with Crippen LogP contribution in [0.3, 0.4) is 0 Å². The smallest absolute Gasteiger partial charge is 0.328 e. The SMILES string of the molecule is CC=NCCN1C(=O)N(Cc2cccc(OC)c2)C(=O)C12CCN(Cc1cccc3ccccc13)CC2. The van der Waals surface area contributed by atoms with Gasteiger partial charge in [0.2, 0.25) is 0 Å². The molecule has 7 nitrogen and oxygen atoms in total. The Morgan fingerprint density at radius 1 is 0.973 bits per heavy atom. The largest absolute Gasteiger partial charge is 0.497 e. The lowest BCUT2D eigenvalue weighted by Crippen LogP contribution is -2.56. The highest BCUT2D eigenvalue weighted by Gasteiger charge is 2.57. The van der Waals surface area contributed by atoms with Gasteiger partial charge in [0.05, 0.1) is 20.2 Å². The number of benzene rings is 3. The number of piperidine rings is 1. The van der Waals surface area contributed by atoms with Crippen LogP contribution >= 0.6 is 0 Å². The highest BCUT2D eigenvalue weighted by molar-refractivity contribution is 6.07. The van der Waals surface area contributed by atoms with Crippen LogP contribution in [0.2, 0.25) is 0 Å². The lowest BCUT2D eigenvalue weighted by atomic mass is 9.85. The number of aliphatic imine (C=N–C) groups is 1. The van der Waals surface area contributed by atoms with Gasteiger partial charge in [0.25, 0.3) is 5.91 Å². The highest BCUT2D eigenvalue weighted by atomic mass is 16.5. The summed E-state index contributed by atoms with van der Waals surface area (Å²) >= 11 is 0. The van der Waals surface area contributed by atoms with Gasteiger partial charge < -0.3 is 9.64 Å². The molecule has 37 heavy (non-hydrogen) atoms. The molecule has 3 aromatic carbocycles. The van der Waals surface area contributed by atoms with Crippen molar-refractivity contribution in [1.82, 2.24) is 14.7 Å². The summed E-state index contributed by atoms with van der Waals surface area (Å²) in [5.74, 6) is 0.618. The monoisotopic (exact) mass is 498 g/mol. The van der Waals surface area contributed by atoms with Crippen molar-refractivity contribution >= 4 is 28.9 Å². The maximum absolute atomic E-state index is 13.9. The molecule has 3 amide bonds. The van der Waals surface area contributed by atoms with Crippen molar-refractivity contribution in [2.45, 2.75) is 38.4 Å². The molecule has 2 fully saturated rings. The third kappa shape index (κ3) is 4.83. The van der Waals surface area contributed by atoms with E-state index < -0.39 is 5.54 Å². The summed E-state index contributed by atoms with van der Waals surface area (Å²) in [5, 5.41) is 2.50. The highest BCUT2D eigenvalue weighted by Crippen LogP contribution is 2.38. The molecule has 0 N–H and O–H groups in total. The quantitative estimate of drug-likeness (QED) is 0.333. The Hall–Kier alpha value is -3.71. The molecule has 5 rings (SSSR count). The fourth-order valence-electron chi connectivity index (χ4n) is 5.71. The van der Waals surface area contributed by atoms with E-state index in [1.165, 1.54) is 21.2 Å². The number of methoxy groups -OCH3 is 1. The number of fused-ring (bicyclic) bond motifs is 1. The fourth-order valence-corrected chi connectivity index (χ4v) is 5.71. The third-order valence-corrected chi connectivity index (χ3v) is 7.69. The van der Waals surface area contributed by atoms with Crippen LogP contribution in [-0.2, 0) is 17.9 Å². The van der Waals surface area contributed by atoms with E-state index in [0.29, 0.717) is 31.7 Å². The van der Waals surface area contributed by atoms with Gasteiger partial charge in [-0.1, -0.05) is 54.6 Å². The van der Waals surface area contributed by atoms with Gasteiger partial charge in [-0.3, -0.25) is 19.6 Å². The lowest BCUT2D eigenvalue weighted by molar-refractivity contribution is -0.136. The molecule has 0 aromatic heterocycles. The van der Waals surface area contributed by atoms with Crippen molar-refractivity contribution in [1.29, 1.82) is 0 Å². The first-order valence-corrected chi connectivity index (χ1v) is 13.0. The van der Waals surface area contributed by atoms with Crippen molar-refractivity contribution in [3.05, 3.63) is 77.9 Å². The van der Waals surface area contributed by atoms with Crippen molar-refractivity contribution in [3.63, 3.8) is 0 Å². The molecule has 0 atom stereocenters. The van der Waals surface area contributed by atoms with Crippen LogP contribution in [0.25, 0.3) is 10.8 Å². The maximum Gasteiger partial charge on any atom is 0.328 e. The van der Waals surface area contributed by atoms with E-state index in [4.69, 9.17) is 4.74 Å². The number of nitrogens with zero attached hydrogens (tertiary/aromatic N) is 4. The Morgan fingerprint density at radius 3 is 2.51 bits per heavy atom. The summed E-state index contributed by atoms with van der Waals surface area (Å²) in [7, 11) is 1.61. The Balaban J connectivity index is 1.35. The van der Waals surface area contributed by atoms with Gasteiger partial charge in [-0.05, 0) is 60.0 Å². The second-order valence-electron chi connectivity index (χ2n) is 9.79. The van der Waals surface area contributed by atoms with Crippen molar-refractivity contribution in [2.75, 3.05) is 33.3 Å². The van der Waals surface area contributed by atoms with Crippen LogP contribution < -0.4 is 4.74 Å². The average Bonchev–Trinajstić information content (AvgIpc) is 3.11. The summed E-state index contributed by atoms with van der Waals surface area (Å²) in [5.41, 5.74) is 1.35. The minimum absolute atomic E-state index is 0.0920. The molecule has 2 aliphatic heterocycles. The molecule has 192 valence electrons. The first-order chi connectivity index (χ1) is 18.1. The van der Waals surface area contributed by atoms with Gasteiger partial charge in [-0.25, -0.2) is 4.79 Å². The molecule has 3 aromatic rings. The van der Waals surface area contributed by atoms with Gasteiger partial charge in [-0.2, -0.15) is 0 Å². The molecule has 0 bridgehead atoms. The minimum atomic E-state index is -0.811. The summed E-state index contributed by atoms with van der Waals surface area (Å²) < 4.78 is 5.34. The fraction of sp³-hybridized carbons (Fsp3) is 0.367. The standard InChI is InChI=1S/C30H34N4O3/c1-3-31-16-19-34-29(36)33(21-23-8-6-12-26(20-23)37-2)28(35)30(34)14-17-32(18-15-30)22-25-11-7-10-24-9-4-5-13-27(24)25/h3-13,20H,14-19,21-22H2,1-2H3. The zero-order valence-corrected chi connectivity index (χ0v) is 21.6. The maximum atomic E-state index is 13.9. The van der Waals surface area contributed by atoms with Gasteiger partial charge in [0, 0.05) is 26.2 Å². The Morgan fingerprint density at radius 2 is 1.73 bits per heavy atom. The summed E-state index contributed by atoms with van der Waals surface area (Å²) in [6.07, 6.45) is 2.98. The number of carbonyl (C=O) groups excluding carboxylic acids is 2. The number of imide groups is 1. The topological polar surface area (TPSA) is 65.5 Å². The Kier molecular flexibility index (Phi) is 7.24. The lowest BCUT2D eigenvalue weighted by Gasteiger charge is -2.42. The summed E-state index contributed by atoms with van der Waals surface area (Å²) in [4.78, 5) is 37.4. The van der Waals surface area contributed by atoms with Crippen LogP contribution in [0.1, 0.15) is 30.9 Å². The number of ether oxygens (including phenoxy) is 1. The molecule has 1 spiro atoms. The van der Waals surface area contributed by atoms with Gasteiger partial charge in [0.1, 0.15) is 11.3 Å². The van der Waals surface area contributed by atoms with E-state index in [2.05, 4.69) is 52.4 Å². The minimum Gasteiger partial charge on any atom is -0.497 e. The molecule has 2 aliphatic rings. The number of carbonyl (C=O) groups is 2. The van der Waals surface area contributed by atoms with E-state index in [1.807, 2.05) is 31.2 Å². The molecule has 7 heteroatoms. The van der Waals surface area contributed by atoms with E-state index >= 15 is 0 Å². The van der Waals surface area contributed by atoms with E-state index in [0.717, 1.165) is 25.2 Å². The first-order valence-electron chi connectivity index (χ1n) is 13.0. The number of rotatable bonds is 8. The molecular weight excluding hydrogens is 464 g/mol. The number of urea groups is 1. The predicted octanol–water partition coefficient (Wildman–Crippen LogP) is 4.74. The van der Waals surface area contributed by atoms with Crippen LogP contribution in [0.15, 0.2) is 71.7 Å². The first kappa shape index (κ1) is 25.0. The van der Waals surface area contributed by atoms with Crippen LogP contribution in [0, 0.1) is 0 Å². The zero-order chi connectivity index (χ0) is 25.8. The van der Waals surface area contributed by atoms with Gasteiger partial charge in [-0.15, -0.1) is 0 Å². The number of hydrogen-bond donors (Lipinski definition) is 0. The van der Waals surface area contributed by atoms with Crippen molar-refractivity contribution < 1.29 is 14.3 Å². The van der Waals surface area contributed by atoms with E-state index in [-0.39, 0.29) is 18.5 Å². The van der Waals surface area contributed by atoms with Crippen molar-refractivity contribution in [2.24, 2.45) is 4.99 Å². The van der Waals surface area contributed by atoms with Crippen LogP contribution in [0.4, 0.5) is 4.79 Å². The Bertz CT molecular complexity index is 1310. The third-order valence-electron chi connectivity index (χ3n) is 7.69. The molecular formula is C30H34N4O3.